The minimum absolute atomic E-state index is 0.0850. The molecule has 5 rings (SSSR count). The Hall–Kier alpha value is -3.21. The third-order valence-electron chi connectivity index (χ3n) is 5.81. The van der Waals surface area contributed by atoms with Crippen LogP contribution in [0.1, 0.15) is 56.8 Å². The number of hydrogen-bond donors (Lipinski definition) is 2. The lowest BCUT2D eigenvalue weighted by Gasteiger charge is -2.15. The van der Waals surface area contributed by atoms with Gasteiger partial charge in [0.2, 0.25) is 0 Å². The van der Waals surface area contributed by atoms with Gasteiger partial charge in [0, 0.05) is 28.4 Å². The van der Waals surface area contributed by atoms with Crippen molar-refractivity contribution in [2.24, 2.45) is 0 Å². The molecule has 146 valence electrons. The van der Waals surface area contributed by atoms with E-state index in [1.54, 1.807) is 6.07 Å². The molecule has 2 N–H and O–H groups in total. The Labute approximate surface area is 169 Å². The molecule has 0 aliphatic heterocycles. The van der Waals surface area contributed by atoms with Crippen molar-refractivity contribution in [2.75, 3.05) is 5.32 Å². The molecule has 0 radical (unpaired) electrons. The van der Waals surface area contributed by atoms with Crippen molar-refractivity contribution in [3.63, 3.8) is 0 Å². The van der Waals surface area contributed by atoms with E-state index >= 15 is 0 Å². The highest BCUT2D eigenvalue weighted by molar-refractivity contribution is 6.14. The Balaban J connectivity index is 1.50. The Morgan fingerprint density at radius 3 is 2.69 bits per heavy atom. The fraction of sp³-hybridized carbons (Fsp3) is 0.292. The van der Waals surface area contributed by atoms with Crippen LogP contribution in [0.15, 0.2) is 42.5 Å². The predicted molar refractivity (Wildman–Crippen MR) is 113 cm³/mol. The summed E-state index contributed by atoms with van der Waals surface area (Å²) in [6.45, 7) is 1.94. The zero-order valence-electron chi connectivity index (χ0n) is 16.4. The molecular weight excluding hydrogens is 362 g/mol. The highest BCUT2D eigenvalue weighted by atomic mass is 16.2. The van der Waals surface area contributed by atoms with Crippen molar-refractivity contribution in [3.05, 3.63) is 70.4 Å². The van der Waals surface area contributed by atoms with E-state index in [0.717, 1.165) is 65.4 Å². The SMILES string of the molecule is Cc1ccc(C(=O)NC2CC2)cc1NC(=O)c1c2c(nc3ccccc13)CCC2. The molecule has 5 nitrogen and oxygen atoms in total. The molecule has 1 aromatic heterocycles. The number of hydrogen-bond acceptors (Lipinski definition) is 3. The van der Waals surface area contributed by atoms with Crippen molar-refractivity contribution in [1.29, 1.82) is 0 Å². The zero-order chi connectivity index (χ0) is 20.0. The van der Waals surface area contributed by atoms with E-state index in [2.05, 4.69) is 10.6 Å². The number of anilines is 1. The zero-order valence-corrected chi connectivity index (χ0v) is 16.4. The van der Waals surface area contributed by atoms with Gasteiger partial charge in [-0.15, -0.1) is 0 Å². The number of nitrogens with zero attached hydrogens (tertiary/aromatic N) is 1. The number of fused-ring (bicyclic) bond motifs is 2. The molecule has 0 atom stereocenters. The van der Waals surface area contributed by atoms with Gasteiger partial charge >= 0.3 is 0 Å². The highest BCUT2D eigenvalue weighted by Crippen LogP contribution is 2.31. The van der Waals surface area contributed by atoms with Crippen molar-refractivity contribution < 1.29 is 9.59 Å². The fourth-order valence-corrected chi connectivity index (χ4v) is 4.05. The first-order valence-corrected chi connectivity index (χ1v) is 10.2. The Morgan fingerprint density at radius 1 is 1.03 bits per heavy atom. The van der Waals surface area contributed by atoms with Crippen LogP contribution in [0, 0.1) is 6.92 Å². The number of benzene rings is 2. The molecule has 0 saturated heterocycles. The number of rotatable bonds is 4. The molecular formula is C24H23N3O2. The van der Waals surface area contributed by atoms with E-state index in [1.165, 1.54) is 0 Å². The van der Waals surface area contributed by atoms with Gasteiger partial charge in [0.05, 0.1) is 11.1 Å². The average molecular weight is 385 g/mol. The lowest BCUT2D eigenvalue weighted by molar-refractivity contribution is 0.0949. The molecule has 3 aromatic rings. The van der Waals surface area contributed by atoms with E-state index in [4.69, 9.17) is 4.98 Å². The van der Waals surface area contributed by atoms with Gasteiger partial charge in [-0.2, -0.15) is 0 Å². The third kappa shape index (κ3) is 3.37. The normalized spacial score (nSPS) is 15.2. The van der Waals surface area contributed by atoms with Crippen LogP contribution in [0.4, 0.5) is 5.69 Å². The monoisotopic (exact) mass is 385 g/mol. The van der Waals surface area contributed by atoms with E-state index in [1.807, 2.05) is 43.3 Å². The lowest BCUT2D eigenvalue weighted by Crippen LogP contribution is -2.25. The molecule has 0 unspecified atom stereocenters. The average Bonchev–Trinajstić information content (AvgIpc) is 3.41. The molecule has 2 amide bonds. The topological polar surface area (TPSA) is 71.1 Å². The number of amides is 2. The number of carbonyl (C=O) groups excluding carboxylic acids is 2. The summed E-state index contributed by atoms with van der Waals surface area (Å²) in [6, 6.07) is 13.6. The maximum absolute atomic E-state index is 13.4. The minimum Gasteiger partial charge on any atom is -0.349 e. The molecule has 5 heteroatoms. The summed E-state index contributed by atoms with van der Waals surface area (Å²) in [7, 11) is 0. The second-order valence-electron chi connectivity index (χ2n) is 8.01. The van der Waals surface area contributed by atoms with Crippen LogP contribution in [0.25, 0.3) is 10.9 Å². The molecule has 2 aliphatic rings. The van der Waals surface area contributed by atoms with Crippen LogP contribution >= 0.6 is 0 Å². The number of pyridine rings is 1. The van der Waals surface area contributed by atoms with Gasteiger partial charge in [-0.3, -0.25) is 14.6 Å². The number of aromatic nitrogens is 1. The van der Waals surface area contributed by atoms with Gasteiger partial charge in [0.25, 0.3) is 11.8 Å². The van der Waals surface area contributed by atoms with Crippen molar-refractivity contribution in [3.8, 4) is 0 Å². The van der Waals surface area contributed by atoms with Gasteiger partial charge in [0.1, 0.15) is 0 Å². The van der Waals surface area contributed by atoms with E-state index < -0.39 is 0 Å². The summed E-state index contributed by atoms with van der Waals surface area (Å²) in [5, 5.41) is 6.95. The van der Waals surface area contributed by atoms with Crippen LogP contribution in [-0.4, -0.2) is 22.8 Å². The number of para-hydroxylation sites is 1. The Bertz CT molecular complexity index is 1150. The first-order valence-electron chi connectivity index (χ1n) is 10.2. The van der Waals surface area contributed by atoms with Gasteiger partial charge in [-0.25, -0.2) is 0 Å². The quantitative estimate of drug-likeness (QED) is 0.708. The van der Waals surface area contributed by atoms with Crippen LogP contribution in [0.3, 0.4) is 0 Å². The molecule has 29 heavy (non-hydrogen) atoms. The first-order chi connectivity index (χ1) is 14.1. The van der Waals surface area contributed by atoms with Gasteiger partial charge in [-0.1, -0.05) is 24.3 Å². The maximum Gasteiger partial charge on any atom is 0.256 e. The standard InChI is InChI=1S/C24H23N3O2/c1-14-9-10-15(23(28)25-16-11-12-16)13-21(14)27-24(29)22-17-5-2-3-7-19(17)26-20-8-4-6-18(20)22/h2-3,5,7,9-10,13,16H,4,6,8,11-12H2,1H3,(H,25,28)(H,27,29). The largest absolute Gasteiger partial charge is 0.349 e. The molecule has 2 aliphatic carbocycles. The van der Waals surface area contributed by atoms with Crippen LogP contribution < -0.4 is 10.6 Å². The molecule has 0 spiro atoms. The van der Waals surface area contributed by atoms with Crippen LogP contribution in [0.2, 0.25) is 0 Å². The molecule has 0 bridgehead atoms. The van der Waals surface area contributed by atoms with Gasteiger partial charge in [0.15, 0.2) is 0 Å². The maximum atomic E-state index is 13.4. The summed E-state index contributed by atoms with van der Waals surface area (Å²) in [4.78, 5) is 30.5. The number of nitrogens with one attached hydrogen (secondary N) is 2. The van der Waals surface area contributed by atoms with Crippen molar-refractivity contribution in [2.45, 2.75) is 45.1 Å². The Kier molecular flexibility index (Phi) is 4.31. The van der Waals surface area contributed by atoms with Crippen molar-refractivity contribution in [1.82, 2.24) is 10.3 Å². The molecule has 1 saturated carbocycles. The molecule has 2 aromatic carbocycles. The number of carbonyl (C=O) groups is 2. The van der Waals surface area contributed by atoms with E-state index in [-0.39, 0.29) is 11.8 Å². The molecule has 1 heterocycles. The van der Waals surface area contributed by atoms with Crippen molar-refractivity contribution >= 4 is 28.4 Å². The Morgan fingerprint density at radius 2 is 1.86 bits per heavy atom. The highest BCUT2D eigenvalue weighted by Gasteiger charge is 2.25. The second kappa shape index (κ2) is 6.99. The van der Waals surface area contributed by atoms with Crippen LogP contribution in [-0.2, 0) is 12.8 Å². The van der Waals surface area contributed by atoms with E-state index in [0.29, 0.717) is 17.3 Å². The van der Waals surface area contributed by atoms with Gasteiger partial charge in [-0.05, 0) is 68.4 Å². The molecule has 1 fully saturated rings. The second-order valence-corrected chi connectivity index (χ2v) is 8.01. The lowest BCUT2D eigenvalue weighted by atomic mass is 10.00. The summed E-state index contributed by atoms with van der Waals surface area (Å²) in [5.41, 5.74) is 5.83. The first kappa shape index (κ1) is 17.9. The smallest absolute Gasteiger partial charge is 0.256 e. The van der Waals surface area contributed by atoms with E-state index in [9.17, 15) is 9.59 Å². The van der Waals surface area contributed by atoms with Crippen LogP contribution in [0.5, 0.6) is 0 Å². The fourth-order valence-electron chi connectivity index (χ4n) is 4.05. The minimum atomic E-state index is -0.135. The summed E-state index contributed by atoms with van der Waals surface area (Å²) in [6.07, 6.45) is 4.90. The summed E-state index contributed by atoms with van der Waals surface area (Å²) in [5.74, 6) is -0.220. The third-order valence-corrected chi connectivity index (χ3v) is 5.81. The number of aryl methyl sites for hydroxylation is 2. The van der Waals surface area contributed by atoms with Gasteiger partial charge < -0.3 is 10.6 Å². The predicted octanol–water partition coefficient (Wildman–Crippen LogP) is 4.18. The summed E-state index contributed by atoms with van der Waals surface area (Å²) < 4.78 is 0. The summed E-state index contributed by atoms with van der Waals surface area (Å²) >= 11 is 0.